The van der Waals surface area contributed by atoms with Gasteiger partial charge in [0.25, 0.3) is 5.91 Å². The number of aromatic amines is 1. The summed E-state index contributed by atoms with van der Waals surface area (Å²) in [6.45, 7) is 2.90. The van der Waals surface area contributed by atoms with Crippen molar-refractivity contribution in [3.8, 4) is 5.75 Å². The number of benzene rings is 2. The zero-order valence-corrected chi connectivity index (χ0v) is 17.2. The molecule has 158 valence electrons. The fraction of sp³-hybridized carbons (Fsp3) is 0.304. The summed E-state index contributed by atoms with van der Waals surface area (Å²) in [7, 11) is 1.56. The lowest BCUT2D eigenvalue weighted by atomic mass is 10.1. The van der Waals surface area contributed by atoms with Crippen LogP contribution in [0.5, 0.6) is 5.75 Å². The average Bonchev–Trinajstić information content (AvgIpc) is 3.19. The minimum Gasteiger partial charge on any atom is -0.496 e. The third-order valence-electron chi connectivity index (χ3n) is 4.70. The number of hydrogen-bond acceptors (Lipinski definition) is 5. The molecule has 1 amide bonds. The Hall–Kier alpha value is -3.32. The van der Waals surface area contributed by atoms with Crippen LogP contribution in [0.2, 0.25) is 0 Å². The molecule has 0 aliphatic carbocycles. The van der Waals surface area contributed by atoms with Gasteiger partial charge in [-0.15, -0.1) is 0 Å². The molecular formula is C23H26N2O5. The summed E-state index contributed by atoms with van der Waals surface area (Å²) in [5.41, 5.74) is 3.29. The van der Waals surface area contributed by atoms with Crippen molar-refractivity contribution >= 4 is 22.8 Å². The molecule has 0 saturated carbocycles. The Morgan fingerprint density at radius 3 is 2.73 bits per heavy atom. The van der Waals surface area contributed by atoms with E-state index in [1.807, 2.05) is 37.4 Å². The van der Waals surface area contributed by atoms with Crippen LogP contribution < -0.4 is 10.1 Å². The van der Waals surface area contributed by atoms with Gasteiger partial charge in [-0.2, -0.15) is 0 Å². The Morgan fingerprint density at radius 2 is 1.93 bits per heavy atom. The molecular weight excluding hydrogens is 384 g/mol. The zero-order chi connectivity index (χ0) is 21.3. The second-order valence-electron chi connectivity index (χ2n) is 6.70. The molecule has 2 aromatic carbocycles. The highest BCUT2D eigenvalue weighted by atomic mass is 16.5. The Labute approximate surface area is 175 Å². The van der Waals surface area contributed by atoms with Crippen LogP contribution in [0.15, 0.2) is 48.7 Å². The Balaban J connectivity index is 1.47. The standard InChI is InChI=1S/C23H26N2O5/c1-3-29-14-18-12-16(8-9-21(18)28-2)23(27)30-15-22(26)24-11-10-17-13-25-20-7-5-4-6-19(17)20/h4-9,12-13,25H,3,10-11,14-15H2,1-2H3,(H,24,26). The van der Waals surface area contributed by atoms with Crippen LogP contribution in [-0.2, 0) is 27.3 Å². The molecule has 3 aromatic rings. The van der Waals surface area contributed by atoms with E-state index in [0.29, 0.717) is 37.5 Å². The van der Waals surface area contributed by atoms with Crippen LogP contribution >= 0.6 is 0 Å². The van der Waals surface area contributed by atoms with E-state index >= 15 is 0 Å². The molecule has 0 aliphatic rings. The maximum absolute atomic E-state index is 12.3. The van der Waals surface area contributed by atoms with E-state index in [1.165, 1.54) is 0 Å². The number of H-pyrrole nitrogens is 1. The van der Waals surface area contributed by atoms with Gasteiger partial charge in [-0.05, 0) is 43.2 Å². The van der Waals surface area contributed by atoms with Gasteiger partial charge in [0, 0.05) is 35.8 Å². The van der Waals surface area contributed by atoms with Gasteiger partial charge in [-0.1, -0.05) is 18.2 Å². The van der Waals surface area contributed by atoms with E-state index in [-0.39, 0.29) is 12.5 Å². The van der Waals surface area contributed by atoms with Gasteiger partial charge in [-0.3, -0.25) is 4.79 Å². The van der Waals surface area contributed by atoms with Gasteiger partial charge in [0.05, 0.1) is 19.3 Å². The lowest BCUT2D eigenvalue weighted by Crippen LogP contribution is -2.30. The number of para-hydroxylation sites is 1. The van der Waals surface area contributed by atoms with E-state index in [1.54, 1.807) is 25.3 Å². The number of carbonyl (C=O) groups is 2. The molecule has 0 atom stereocenters. The highest BCUT2D eigenvalue weighted by Gasteiger charge is 2.13. The van der Waals surface area contributed by atoms with Crippen molar-refractivity contribution in [2.24, 2.45) is 0 Å². The van der Waals surface area contributed by atoms with E-state index in [2.05, 4.69) is 10.3 Å². The van der Waals surface area contributed by atoms with Crippen LogP contribution in [0.3, 0.4) is 0 Å². The number of aromatic nitrogens is 1. The minimum atomic E-state index is -0.567. The van der Waals surface area contributed by atoms with Crippen molar-refractivity contribution in [3.63, 3.8) is 0 Å². The van der Waals surface area contributed by atoms with Crippen molar-refractivity contribution in [1.29, 1.82) is 0 Å². The molecule has 7 nitrogen and oxygen atoms in total. The summed E-state index contributed by atoms with van der Waals surface area (Å²) in [5.74, 6) is -0.275. The predicted octanol–water partition coefficient (Wildman–Crippen LogP) is 3.23. The Bertz CT molecular complexity index is 1010. The topological polar surface area (TPSA) is 89.6 Å². The summed E-state index contributed by atoms with van der Waals surface area (Å²) in [6, 6.07) is 13.0. The smallest absolute Gasteiger partial charge is 0.338 e. The highest BCUT2D eigenvalue weighted by Crippen LogP contribution is 2.21. The van der Waals surface area contributed by atoms with Crippen LogP contribution in [0.25, 0.3) is 10.9 Å². The molecule has 0 fully saturated rings. The normalized spacial score (nSPS) is 10.7. The second-order valence-corrected chi connectivity index (χ2v) is 6.70. The van der Waals surface area contributed by atoms with E-state index in [0.717, 1.165) is 22.0 Å². The Kier molecular flexibility index (Phi) is 7.45. The number of hydrogen-bond donors (Lipinski definition) is 2. The largest absolute Gasteiger partial charge is 0.496 e. The number of carbonyl (C=O) groups excluding carboxylic acids is 2. The third-order valence-corrected chi connectivity index (χ3v) is 4.70. The monoisotopic (exact) mass is 410 g/mol. The summed E-state index contributed by atoms with van der Waals surface area (Å²) in [4.78, 5) is 27.5. The van der Waals surface area contributed by atoms with Gasteiger partial charge in [0.15, 0.2) is 6.61 Å². The molecule has 0 saturated heterocycles. The van der Waals surface area contributed by atoms with Gasteiger partial charge >= 0.3 is 5.97 Å². The number of ether oxygens (including phenoxy) is 3. The van der Waals surface area contributed by atoms with Crippen molar-refractivity contribution in [2.45, 2.75) is 20.0 Å². The molecule has 1 aromatic heterocycles. The first-order chi connectivity index (χ1) is 14.6. The first-order valence-electron chi connectivity index (χ1n) is 9.85. The van der Waals surface area contributed by atoms with Crippen LogP contribution in [0, 0.1) is 0 Å². The van der Waals surface area contributed by atoms with Gasteiger partial charge < -0.3 is 24.5 Å². The van der Waals surface area contributed by atoms with Gasteiger partial charge in [0.1, 0.15) is 5.75 Å². The zero-order valence-electron chi connectivity index (χ0n) is 17.2. The van der Waals surface area contributed by atoms with Crippen LogP contribution in [0.4, 0.5) is 0 Å². The lowest BCUT2D eigenvalue weighted by molar-refractivity contribution is -0.124. The van der Waals surface area contributed by atoms with Gasteiger partial charge in [-0.25, -0.2) is 4.79 Å². The van der Waals surface area contributed by atoms with Crippen molar-refractivity contribution in [3.05, 3.63) is 65.4 Å². The van der Waals surface area contributed by atoms with Crippen LogP contribution in [0.1, 0.15) is 28.4 Å². The average molecular weight is 410 g/mol. The molecule has 0 aliphatic heterocycles. The molecule has 0 unspecified atom stereocenters. The van der Waals surface area contributed by atoms with Gasteiger partial charge in [0.2, 0.25) is 0 Å². The first kappa shape index (κ1) is 21.4. The van der Waals surface area contributed by atoms with E-state index < -0.39 is 5.97 Å². The Morgan fingerprint density at radius 1 is 1.10 bits per heavy atom. The lowest BCUT2D eigenvalue weighted by Gasteiger charge is -2.11. The molecule has 1 heterocycles. The quantitative estimate of drug-likeness (QED) is 0.501. The summed E-state index contributed by atoms with van der Waals surface area (Å²) in [5, 5.41) is 3.92. The van der Waals surface area contributed by atoms with Crippen molar-refractivity contribution < 1.29 is 23.8 Å². The number of esters is 1. The fourth-order valence-electron chi connectivity index (χ4n) is 3.17. The maximum atomic E-state index is 12.3. The molecule has 2 N–H and O–H groups in total. The summed E-state index contributed by atoms with van der Waals surface area (Å²) in [6.07, 6.45) is 2.63. The van der Waals surface area contributed by atoms with E-state index in [9.17, 15) is 9.59 Å². The number of methoxy groups -OCH3 is 1. The fourth-order valence-corrected chi connectivity index (χ4v) is 3.17. The second kappa shape index (κ2) is 10.5. The van der Waals surface area contributed by atoms with Crippen molar-refractivity contribution in [2.75, 3.05) is 26.9 Å². The summed E-state index contributed by atoms with van der Waals surface area (Å²) < 4.78 is 15.8. The molecule has 3 rings (SSSR count). The number of fused-ring (bicyclic) bond motifs is 1. The van der Waals surface area contributed by atoms with Crippen LogP contribution in [-0.4, -0.2) is 43.7 Å². The predicted molar refractivity (Wildman–Crippen MR) is 114 cm³/mol. The third kappa shape index (κ3) is 5.39. The van der Waals surface area contributed by atoms with Crippen molar-refractivity contribution in [1.82, 2.24) is 10.3 Å². The molecule has 7 heteroatoms. The number of amides is 1. The molecule has 0 bridgehead atoms. The number of nitrogens with one attached hydrogen (secondary N) is 2. The SMILES string of the molecule is CCOCc1cc(C(=O)OCC(=O)NCCc2c[nH]c3ccccc23)ccc1OC. The molecule has 0 spiro atoms. The molecule has 0 radical (unpaired) electrons. The summed E-state index contributed by atoms with van der Waals surface area (Å²) >= 11 is 0. The molecule has 30 heavy (non-hydrogen) atoms. The first-order valence-corrected chi connectivity index (χ1v) is 9.85. The maximum Gasteiger partial charge on any atom is 0.338 e. The highest BCUT2D eigenvalue weighted by molar-refractivity contribution is 5.91. The minimum absolute atomic E-state index is 0.328. The number of rotatable bonds is 10. The van der Waals surface area contributed by atoms with E-state index in [4.69, 9.17) is 14.2 Å².